The van der Waals surface area contributed by atoms with Crippen LogP contribution in [0.15, 0.2) is 30.3 Å². The fraction of sp³-hybridized carbons (Fsp3) is 0.333. The Morgan fingerprint density at radius 3 is 2.60 bits per heavy atom. The fourth-order valence-electron chi connectivity index (χ4n) is 1.94. The van der Waals surface area contributed by atoms with Gasteiger partial charge in [0, 0.05) is 13.5 Å². The number of nitrogens with zero attached hydrogens (tertiary/aromatic N) is 2. The summed E-state index contributed by atoms with van der Waals surface area (Å²) >= 11 is 4.89. The van der Waals surface area contributed by atoms with Crippen molar-refractivity contribution in [2.75, 3.05) is 0 Å². The molecule has 0 unspecified atom stereocenters. The Hall–Kier alpha value is -1.88. The molecule has 2 rings (SSSR count). The van der Waals surface area contributed by atoms with E-state index >= 15 is 0 Å². The Labute approximate surface area is 124 Å². The number of hydrogen-bond donors (Lipinski definition) is 1. The first-order chi connectivity index (χ1) is 9.58. The Bertz CT molecular complexity index is 590. The van der Waals surface area contributed by atoms with Crippen molar-refractivity contribution >= 4 is 17.2 Å². The number of thiocarbonyl (C=S) groups is 1. The van der Waals surface area contributed by atoms with Crippen molar-refractivity contribution in [2.45, 2.75) is 26.4 Å². The van der Waals surface area contributed by atoms with Crippen molar-refractivity contribution < 1.29 is 4.74 Å². The number of aromatic nitrogens is 2. The highest BCUT2D eigenvalue weighted by Gasteiger charge is 2.04. The maximum absolute atomic E-state index is 5.77. The van der Waals surface area contributed by atoms with Gasteiger partial charge < -0.3 is 10.5 Å². The quantitative estimate of drug-likeness (QED) is 0.830. The molecule has 0 aliphatic rings. The molecular formula is C15H19N3OS. The molecule has 1 heterocycles. The Kier molecular flexibility index (Phi) is 4.74. The van der Waals surface area contributed by atoms with Crippen molar-refractivity contribution in [3.63, 3.8) is 0 Å². The minimum atomic E-state index is 0.501. The molecule has 1 aromatic carbocycles. The van der Waals surface area contributed by atoms with Gasteiger partial charge in [0.2, 0.25) is 0 Å². The molecule has 0 saturated heterocycles. The van der Waals surface area contributed by atoms with E-state index in [2.05, 4.69) is 18.1 Å². The van der Waals surface area contributed by atoms with Gasteiger partial charge in [-0.05, 0) is 30.2 Å². The van der Waals surface area contributed by atoms with Crippen LogP contribution in [0.1, 0.15) is 23.9 Å². The van der Waals surface area contributed by atoms with Gasteiger partial charge in [0.1, 0.15) is 12.4 Å². The molecular weight excluding hydrogens is 270 g/mol. The highest BCUT2D eigenvalue weighted by Crippen LogP contribution is 2.15. The first kappa shape index (κ1) is 14.5. The molecule has 0 aliphatic carbocycles. The number of aryl methyl sites for hydroxylation is 2. The third kappa shape index (κ3) is 3.81. The second-order valence-corrected chi connectivity index (χ2v) is 5.20. The summed E-state index contributed by atoms with van der Waals surface area (Å²) in [6.45, 7) is 2.60. The van der Waals surface area contributed by atoms with Crippen molar-refractivity contribution in [2.24, 2.45) is 12.8 Å². The summed E-state index contributed by atoms with van der Waals surface area (Å²) in [5, 5.41) is 4.40. The molecule has 5 heteroatoms. The second kappa shape index (κ2) is 6.52. The van der Waals surface area contributed by atoms with E-state index in [4.69, 9.17) is 22.7 Å². The van der Waals surface area contributed by atoms with E-state index in [1.165, 1.54) is 0 Å². The van der Waals surface area contributed by atoms with E-state index < -0.39 is 0 Å². The van der Waals surface area contributed by atoms with Gasteiger partial charge >= 0.3 is 0 Å². The van der Waals surface area contributed by atoms with Crippen molar-refractivity contribution in [1.82, 2.24) is 9.78 Å². The van der Waals surface area contributed by atoms with Gasteiger partial charge in [-0.3, -0.25) is 4.68 Å². The topological polar surface area (TPSA) is 53.1 Å². The molecule has 0 bridgehead atoms. The Balaban J connectivity index is 1.96. The van der Waals surface area contributed by atoms with Gasteiger partial charge in [-0.25, -0.2) is 0 Å². The van der Waals surface area contributed by atoms with Crippen LogP contribution >= 0.6 is 12.2 Å². The van der Waals surface area contributed by atoms with Gasteiger partial charge in [-0.1, -0.05) is 31.3 Å². The lowest BCUT2D eigenvalue weighted by molar-refractivity contribution is 0.295. The molecule has 0 fully saturated rings. The predicted molar refractivity (Wildman–Crippen MR) is 83.8 cm³/mol. The summed E-state index contributed by atoms with van der Waals surface area (Å²) in [6.07, 6.45) is 1.55. The van der Waals surface area contributed by atoms with Gasteiger partial charge in [0.25, 0.3) is 0 Å². The largest absolute Gasteiger partial charge is 0.487 e. The number of ether oxygens (including phenoxy) is 1. The highest BCUT2D eigenvalue weighted by atomic mass is 32.1. The lowest BCUT2D eigenvalue weighted by atomic mass is 10.1. The summed E-state index contributed by atoms with van der Waals surface area (Å²) in [5.41, 5.74) is 8.76. The first-order valence-electron chi connectivity index (χ1n) is 6.60. The first-order valence-corrected chi connectivity index (χ1v) is 7.01. The smallest absolute Gasteiger partial charge is 0.130 e. The Morgan fingerprint density at radius 2 is 2.05 bits per heavy atom. The molecule has 20 heavy (non-hydrogen) atoms. The number of rotatable bonds is 6. The third-order valence-corrected chi connectivity index (χ3v) is 3.22. The molecule has 1 aromatic heterocycles. The molecule has 0 aliphatic heterocycles. The molecule has 106 valence electrons. The van der Waals surface area contributed by atoms with Crippen molar-refractivity contribution in [3.8, 4) is 5.75 Å². The van der Waals surface area contributed by atoms with Crippen LogP contribution in [0.5, 0.6) is 5.75 Å². The molecule has 0 atom stereocenters. The molecule has 0 spiro atoms. The van der Waals surface area contributed by atoms with Crippen LogP contribution in [-0.4, -0.2) is 14.8 Å². The monoisotopic (exact) mass is 289 g/mol. The molecule has 2 N–H and O–H groups in total. The fourth-order valence-corrected chi connectivity index (χ4v) is 2.11. The van der Waals surface area contributed by atoms with Crippen LogP contribution < -0.4 is 10.5 Å². The van der Waals surface area contributed by atoms with Crippen LogP contribution in [0.4, 0.5) is 0 Å². The number of nitrogens with two attached hydrogens (primary N) is 1. The average molecular weight is 289 g/mol. The van der Waals surface area contributed by atoms with E-state index in [1.54, 1.807) is 0 Å². The molecule has 4 nitrogen and oxygen atoms in total. The van der Waals surface area contributed by atoms with E-state index in [1.807, 2.05) is 36.0 Å². The summed E-state index contributed by atoms with van der Waals surface area (Å²) in [5.74, 6) is 0.830. The average Bonchev–Trinajstić information content (AvgIpc) is 2.78. The molecule has 0 amide bonds. The third-order valence-electron chi connectivity index (χ3n) is 3.08. The van der Waals surface area contributed by atoms with E-state index in [-0.39, 0.29) is 0 Å². The summed E-state index contributed by atoms with van der Waals surface area (Å²) < 4.78 is 7.63. The standard InChI is InChI=1S/C15H19N3OS/c1-3-12-9-13(18(2)17-12)10-19-14-6-4-11(5-7-14)8-15(16)20/h4-7,9H,3,8,10H2,1-2H3,(H2,16,20). The van der Waals surface area contributed by atoms with E-state index in [0.29, 0.717) is 18.0 Å². The van der Waals surface area contributed by atoms with Gasteiger partial charge in [0.15, 0.2) is 0 Å². The van der Waals surface area contributed by atoms with Gasteiger partial charge in [0.05, 0.1) is 16.4 Å². The maximum atomic E-state index is 5.77. The maximum Gasteiger partial charge on any atom is 0.130 e. The highest BCUT2D eigenvalue weighted by molar-refractivity contribution is 7.80. The van der Waals surface area contributed by atoms with Crippen LogP contribution in [-0.2, 0) is 26.5 Å². The zero-order valence-corrected chi connectivity index (χ0v) is 12.6. The van der Waals surface area contributed by atoms with Crippen LogP contribution in [0.25, 0.3) is 0 Å². The zero-order chi connectivity index (χ0) is 14.5. The van der Waals surface area contributed by atoms with Crippen LogP contribution in [0, 0.1) is 0 Å². The van der Waals surface area contributed by atoms with E-state index in [0.717, 1.165) is 29.1 Å². The lowest BCUT2D eigenvalue weighted by Gasteiger charge is -2.07. The summed E-state index contributed by atoms with van der Waals surface area (Å²) in [7, 11) is 1.93. The van der Waals surface area contributed by atoms with Crippen molar-refractivity contribution in [1.29, 1.82) is 0 Å². The normalized spacial score (nSPS) is 10.5. The zero-order valence-electron chi connectivity index (χ0n) is 11.8. The van der Waals surface area contributed by atoms with Gasteiger partial charge in [-0.2, -0.15) is 5.10 Å². The SMILES string of the molecule is CCc1cc(COc2ccc(CC(N)=S)cc2)n(C)n1. The molecule has 0 radical (unpaired) electrons. The molecule has 2 aromatic rings. The number of benzene rings is 1. The predicted octanol–water partition coefficient (Wildman–Crippen LogP) is 2.39. The minimum Gasteiger partial charge on any atom is -0.487 e. The van der Waals surface area contributed by atoms with E-state index in [9.17, 15) is 0 Å². The van der Waals surface area contributed by atoms with Crippen LogP contribution in [0.2, 0.25) is 0 Å². The van der Waals surface area contributed by atoms with Gasteiger partial charge in [-0.15, -0.1) is 0 Å². The Morgan fingerprint density at radius 1 is 1.35 bits per heavy atom. The van der Waals surface area contributed by atoms with Crippen LogP contribution in [0.3, 0.4) is 0 Å². The number of hydrogen-bond acceptors (Lipinski definition) is 3. The lowest BCUT2D eigenvalue weighted by Crippen LogP contribution is -2.10. The summed E-state index contributed by atoms with van der Waals surface area (Å²) in [6, 6.07) is 9.90. The van der Waals surface area contributed by atoms with Crippen molar-refractivity contribution in [3.05, 3.63) is 47.3 Å². The second-order valence-electron chi connectivity index (χ2n) is 4.68. The molecule has 0 saturated carbocycles. The summed E-state index contributed by atoms with van der Waals surface area (Å²) in [4.78, 5) is 0.501. The minimum absolute atomic E-state index is 0.501.